The van der Waals surface area contributed by atoms with Crippen LogP contribution in [0.3, 0.4) is 0 Å². The highest BCUT2D eigenvalue weighted by Gasteiger charge is 2.54. The molecule has 17 nitrogen and oxygen atoms in total. The number of fused-ring (bicyclic) bond motifs is 6. The highest BCUT2D eigenvalue weighted by Crippen LogP contribution is 2.57. The number of aliphatic hydroxyl groups excluding tert-OH is 8. The van der Waals surface area contributed by atoms with Gasteiger partial charge in [0, 0.05) is 28.8 Å². The average molecular weight is 866 g/mol. The maximum absolute atomic E-state index is 15.6. The van der Waals surface area contributed by atoms with Gasteiger partial charge in [-0.3, -0.25) is 4.79 Å². The first-order valence-corrected chi connectivity index (χ1v) is 18.1. The molecule has 0 unspecified atom stereocenters. The fourth-order valence-corrected chi connectivity index (χ4v) is 7.49. The monoisotopic (exact) mass is 865 g/mol. The van der Waals surface area contributed by atoms with Crippen LogP contribution in [-0.2, 0) is 19.8 Å². The molecular formula is C39H32F5NO16. The Morgan fingerprint density at radius 3 is 1.67 bits per heavy atom. The van der Waals surface area contributed by atoms with E-state index >= 15 is 4.48 Å². The molecule has 2 fully saturated rings. The molecule has 0 aromatic heterocycles. The van der Waals surface area contributed by atoms with Gasteiger partial charge < -0.3 is 69.3 Å². The maximum Gasteiger partial charge on any atom is 0.340 e. The van der Waals surface area contributed by atoms with Gasteiger partial charge in [0.25, 0.3) is 5.91 Å². The first-order valence-electron chi connectivity index (χ1n) is 18.1. The van der Waals surface area contributed by atoms with Crippen LogP contribution in [-0.4, -0.2) is 127 Å². The lowest BCUT2D eigenvalue weighted by atomic mass is 9.77. The van der Waals surface area contributed by atoms with Gasteiger partial charge in [0.05, 0.1) is 30.0 Å². The van der Waals surface area contributed by atoms with E-state index in [2.05, 4.69) is 0 Å². The van der Waals surface area contributed by atoms with Crippen LogP contribution in [0.5, 0.6) is 23.0 Å². The topological polar surface area (TPSA) is 255 Å². The van der Waals surface area contributed by atoms with E-state index < -0.39 is 132 Å². The van der Waals surface area contributed by atoms with Gasteiger partial charge in [0.15, 0.2) is 28.9 Å². The second kappa shape index (κ2) is 15.7. The Kier molecular flexibility index (Phi) is 10.9. The number of carbonyl (C=O) groups excluding carboxylic acids is 2. The lowest BCUT2D eigenvalue weighted by Crippen LogP contribution is -2.60. The molecule has 4 heterocycles. The molecule has 8 rings (SSSR count). The molecule has 324 valence electrons. The van der Waals surface area contributed by atoms with Crippen LogP contribution in [0.2, 0.25) is 0 Å². The molecule has 1 spiro atoms. The van der Waals surface area contributed by atoms with Crippen molar-refractivity contribution in [3.8, 4) is 23.0 Å². The van der Waals surface area contributed by atoms with Crippen LogP contribution in [0, 0.1) is 23.3 Å². The van der Waals surface area contributed by atoms with Gasteiger partial charge >= 0.3 is 5.97 Å². The third kappa shape index (κ3) is 6.80. The molecular weight excluding hydrogens is 833 g/mol. The molecule has 0 aliphatic carbocycles. The molecule has 4 aromatic carbocycles. The number of benzene rings is 4. The summed E-state index contributed by atoms with van der Waals surface area (Å²) in [6, 6.07) is 10.7. The minimum atomic E-state index is -2.36. The molecule has 0 radical (unpaired) electrons. The second-order valence-corrected chi connectivity index (χ2v) is 14.3. The van der Waals surface area contributed by atoms with E-state index in [-0.39, 0.29) is 51.3 Å². The third-order valence-electron chi connectivity index (χ3n) is 10.7. The van der Waals surface area contributed by atoms with Crippen LogP contribution in [0.25, 0.3) is 0 Å². The molecule has 61 heavy (non-hydrogen) atoms. The summed E-state index contributed by atoms with van der Waals surface area (Å²) in [5.74, 6) is -12.3. The third-order valence-corrected chi connectivity index (χ3v) is 10.7. The van der Waals surface area contributed by atoms with Crippen molar-refractivity contribution in [3.63, 3.8) is 0 Å². The SMILES string of the molecule is O=C1OC2(c3ccc(O[C@@H]4O[C@H](CO)[C@H](O)[C@H](O)[C@H]4O)cc3Oc3cc(O[C@@H]4O[C@H](CO)[C@H](O)[C@H](O)[C@H]4O)ccc32)c2ccc(N(F)C(=O)c3cc(F)c(F)c(F)c3F)cc21. The van der Waals surface area contributed by atoms with Gasteiger partial charge in [-0.1, -0.05) is 10.5 Å². The van der Waals surface area contributed by atoms with E-state index in [4.69, 9.17) is 28.4 Å². The van der Waals surface area contributed by atoms with Crippen LogP contribution in [0.15, 0.2) is 60.7 Å². The minimum Gasteiger partial charge on any atom is -0.462 e. The standard InChI is InChI=1S/C39H32F5NO16/c40-21-10-17(26(41)28(43)27(21)42)35(54)45(44)13-1-4-18-16(7-13)36(55)61-39(18)19-5-2-14(56-37-33(52)31(50)29(48)24(11-46)59-37)8-22(19)58-23-9-15(3-6-20(23)39)57-38-34(53)32(51)30(49)25(12-47)60-38/h1-10,24-25,29-34,37-38,46-53H,11-12H2/t24-,25-,29+,30+,31+,32+,33-,34-,37-,38-/m1/s1. The highest BCUT2D eigenvalue weighted by molar-refractivity contribution is 6.06. The van der Waals surface area contributed by atoms with Gasteiger partial charge in [0.1, 0.15) is 71.8 Å². The number of esters is 1. The molecule has 8 N–H and O–H groups in total. The van der Waals surface area contributed by atoms with Crippen LogP contribution >= 0.6 is 0 Å². The predicted molar refractivity (Wildman–Crippen MR) is 188 cm³/mol. The average Bonchev–Trinajstić information content (AvgIpc) is 3.54. The fraction of sp³-hybridized carbons (Fsp3) is 0.333. The molecule has 2 saturated heterocycles. The van der Waals surface area contributed by atoms with Crippen LogP contribution in [0.4, 0.5) is 27.7 Å². The number of hydrogen-bond donors (Lipinski definition) is 8. The van der Waals surface area contributed by atoms with Crippen molar-refractivity contribution in [2.24, 2.45) is 0 Å². The lowest BCUT2D eigenvalue weighted by Gasteiger charge is -2.40. The second-order valence-electron chi connectivity index (χ2n) is 14.3. The van der Waals surface area contributed by atoms with Crippen molar-refractivity contribution < 1.29 is 101 Å². The molecule has 4 aliphatic heterocycles. The summed E-state index contributed by atoms with van der Waals surface area (Å²) in [6.07, 6.45) is -16.6. The Labute approximate surface area is 338 Å². The van der Waals surface area contributed by atoms with E-state index in [0.29, 0.717) is 0 Å². The van der Waals surface area contributed by atoms with Crippen molar-refractivity contribution >= 4 is 17.6 Å². The first-order chi connectivity index (χ1) is 29.0. The summed E-state index contributed by atoms with van der Waals surface area (Å²) in [6.45, 7) is -1.52. The van der Waals surface area contributed by atoms with Crippen molar-refractivity contribution in [1.82, 2.24) is 0 Å². The van der Waals surface area contributed by atoms with Crippen LogP contribution < -0.4 is 19.3 Å². The first kappa shape index (κ1) is 42.2. The summed E-state index contributed by atoms with van der Waals surface area (Å²) in [7, 11) is 0. The van der Waals surface area contributed by atoms with Crippen molar-refractivity contribution in [2.45, 2.75) is 67.0 Å². The summed E-state index contributed by atoms with van der Waals surface area (Å²) in [4.78, 5) is 26.6. The lowest BCUT2D eigenvalue weighted by molar-refractivity contribution is -0.277. The van der Waals surface area contributed by atoms with Gasteiger partial charge in [-0.05, 0) is 42.5 Å². The summed E-state index contributed by atoms with van der Waals surface area (Å²) >= 11 is 0. The summed E-state index contributed by atoms with van der Waals surface area (Å²) < 4.78 is 106. The maximum atomic E-state index is 15.6. The number of rotatable bonds is 8. The number of anilines is 1. The number of halogens is 5. The van der Waals surface area contributed by atoms with E-state index in [9.17, 15) is 68.0 Å². The molecule has 4 aromatic rings. The smallest absolute Gasteiger partial charge is 0.340 e. The number of ether oxygens (including phenoxy) is 6. The van der Waals surface area contributed by atoms with Crippen molar-refractivity contribution in [1.29, 1.82) is 0 Å². The Morgan fingerprint density at radius 2 is 1.16 bits per heavy atom. The van der Waals surface area contributed by atoms with E-state index in [1.807, 2.05) is 0 Å². The van der Waals surface area contributed by atoms with Gasteiger partial charge in [-0.25, -0.2) is 22.4 Å². The van der Waals surface area contributed by atoms with Gasteiger partial charge in [-0.2, -0.15) is 0 Å². The van der Waals surface area contributed by atoms with Crippen molar-refractivity contribution in [2.75, 3.05) is 18.3 Å². The quantitative estimate of drug-likeness (QED) is 0.0399. The molecule has 1 amide bonds. The molecule has 22 heteroatoms. The van der Waals surface area contributed by atoms with E-state index in [1.54, 1.807) is 0 Å². The zero-order chi connectivity index (χ0) is 43.8. The summed E-state index contributed by atoms with van der Waals surface area (Å²) in [5.41, 5.74) is -4.48. The van der Waals surface area contributed by atoms with Gasteiger partial charge in [0.2, 0.25) is 12.6 Å². The normalized spacial score (nSPS) is 28.6. The zero-order valence-electron chi connectivity index (χ0n) is 30.6. The zero-order valence-corrected chi connectivity index (χ0v) is 30.6. The Morgan fingerprint density at radius 1 is 0.656 bits per heavy atom. The Hall–Kier alpha value is -5.53. The predicted octanol–water partition coefficient (Wildman–Crippen LogP) is 0.700. The molecule has 0 bridgehead atoms. The Balaban J connectivity index is 1.19. The van der Waals surface area contributed by atoms with Gasteiger partial charge in [-0.15, -0.1) is 5.12 Å². The van der Waals surface area contributed by atoms with E-state index in [0.717, 1.165) is 18.2 Å². The van der Waals surface area contributed by atoms with E-state index in [1.165, 1.54) is 36.4 Å². The molecule has 0 saturated carbocycles. The number of amides is 1. The largest absolute Gasteiger partial charge is 0.462 e. The minimum absolute atomic E-state index is 0.0110. The number of carbonyl (C=O) groups is 2. The molecule has 10 atom stereocenters. The highest BCUT2D eigenvalue weighted by atomic mass is 19.2. The molecule has 4 aliphatic rings. The van der Waals surface area contributed by atoms with Crippen molar-refractivity contribution in [3.05, 3.63) is 112 Å². The summed E-state index contributed by atoms with van der Waals surface area (Å²) in [5, 5.41) is 80.6. The number of nitrogens with zero attached hydrogens (tertiary/aromatic N) is 1. The Bertz CT molecular complexity index is 2320. The number of hydrogen-bond acceptors (Lipinski definition) is 16. The fourth-order valence-electron chi connectivity index (χ4n) is 7.49. The van der Waals surface area contributed by atoms with Crippen LogP contribution in [0.1, 0.15) is 37.4 Å². The number of aliphatic hydroxyl groups is 8.